The van der Waals surface area contributed by atoms with Crippen LogP contribution in [0.15, 0.2) is 58.3 Å². The van der Waals surface area contributed by atoms with Crippen molar-refractivity contribution in [1.82, 2.24) is 9.13 Å². The van der Waals surface area contributed by atoms with E-state index in [-0.39, 0.29) is 13.1 Å². The molecule has 0 aliphatic carbocycles. The summed E-state index contributed by atoms with van der Waals surface area (Å²) in [6, 6.07) is 11.3. The molecule has 0 N–H and O–H groups in total. The molecule has 134 valence electrons. The molecule has 2 aromatic carbocycles. The van der Waals surface area contributed by atoms with E-state index in [1.54, 1.807) is 36.4 Å². The lowest BCUT2D eigenvalue weighted by atomic mass is 10.2. The quantitative estimate of drug-likeness (QED) is 0.602. The van der Waals surface area contributed by atoms with Crippen LogP contribution in [0.3, 0.4) is 0 Å². The first-order valence-electron chi connectivity index (χ1n) is 7.53. The van der Waals surface area contributed by atoms with Gasteiger partial charge in [-0.2, -0.15) is 0 Å². The largest absolute Gasteiger partial charge is 0.331 e. The molecule has 0 bridgehead atoms. The summed E-state index contributed by atoms with van der Waals surface area (Å²) in [6.45, 7) is 0.256. The normalized spacial score (nSPS) is 10.9. The second kappa shape index (κ2) is 7.89. The summed E-state index contributed by atoms with van der Waals surface area (Å²) in [5, 5.41) is 1.82. The first-order chi connectivity index (χ1) is 12.3. The van der Waals surface area contributed by atoms with Gasteiger partial charge in [0.15, 0.2) is 0 Å². The molecule has 0 radical (unpaired) electrons. The van der Waals surface area contributed by atoms with Crippen molar-refractivity contribution < 1.29 is 0 Å². The van der Waals surface area contributed by atoms with E-state index in [1.165, 1.54) is 16.8 Å². The van der Waals surface area contributed by atoms with Crippen molar-refractivity contribution in [2.24, 2.45) is 0 Å². The molecule has 1 aromatic heterocycles. The minimum Gasteiger partial charge on any atom is -0.296 e. The molecule has 0 spiro atoms. The van der Waals surface area contributed by atoms with E-state index < -0.39 is 11.2 Å². The molecule has 8 heteroatoms. The average Bonchev–Trinajstić information content (AvgIpc) is 2.58. The van der Waals surface area contributed by atoms with E-state index in [0.29, 0.717) is 31.2 Å². The zero-order valence-electron chi connectivity index (χ0n) is 13.3. The molecule has 0 fully saturated rings. The first kappa shape index (κ1) is 19.1. The fourth-order valence-corrected chi connectivity index (χ4v) is 3.41. The van der Waals surface area contributed by atoms with Crippen LogP contribution >= 0.6 is 46.4 Å². The predicted octanol–water partition coefficient (Wildman–Crippen LogP) is 4.72. The molecule has 4 nitrogen and oxygen atoms in total. The van der Waals surface area contributed by atoms with E-state index in [0.717, 1.165) is 4.57 Å². The van der Waals surface area contributed by atoms with Gasteiger partial charge < -0.3 is 0 Å². The highest BCUT2D eigenvalue weighted by atomic mass is 35.5. The van der Waals surface area contributed by atoms with Gasteiger partial charge in [-0.1, -0.05) is 58.5 Å². The Bertz CT molecular complexity index is 1090. The number of aromatic nitrogens is 2. The van der Waals surface area contributed by atoms with Gasteiger partial charge in [0, 0.05) is 32.4 Å². The van der Waals surface area contributed by atoms with Crippen molar-refractivity contribution in [3.8, 4) is 0 Å². The van der Waals surface area contributed by atoms with Gasteiger partial charge in [0.05, 0.1) is 13.1 Å². The Labute approximate surface area is 169 Å². The van der Waals surface area contributed by atoms with Crippen molar-refractivity contribution >= 4 is 46.4 Å². The van der Waals surface area contributed by atoms with Gasteiger partial charge in [-0.3, -0.25) is 13.9 Å². The molecule has 0 amide bonds. The van der Waals surface area contributed by atoms with Crippen molar-refractivity contribution in [3.63, 3.8) is 0 Å². The Morgan fingerprint density at radius 2 is 1.27 bits per heavy atom. The van der Waals surface area contributed by atoms with E-state index >= 15 is 0 Å². The Morgan fingerprint density at radius 1 is 0.731 bits per heavy atom. The number of hydrogen-bond donors (Lipinski definition) is 0. The molecule has 0 aliphatic heterocycles. The fourth-order valence-electron chi connectivity index (χ4n) is 2.48. The lowest BCUT2D eigenvalue weighted by Crippen LogP contribution is -2.39. The number of halogens is 4. The third kappa shape index (κ3) is 4.15. The topological polar surface area (TPSA) is 44.0 Å². The van der Waals surface area contributed by atoms with Crippen molar-refractivity contribution in [2.45, 2.75) is 13.1 Å². The fraction of sp³-hybridized carbons (Fsp3) is 0.111. The van der Waals surface area contributed by atoms with Crippen LogP contribution in [0.4, 0.5) is 0 Å². The van der Waals surface area contributed by atoms with Gasteiger partial charge in [0.25, 0.3) is 5.56 Å². The minimum absolute atomic E-state index is 0.0445. The van der Waals surface area contributed by atoms with Gasteiger partial charge in [-0.25, -0.2) is 4.79 Å². The van der Waals surface area contributed by atoms with Crippen LogP contribution in [0.1, 0.15) is 11.1 Å². The maximum absolute atomic E-state index is 12.7. The first-order valence-corrected chi connectivity index (χ1v) is 9.04. The summed E-state index contributed by atoms with van der Waals surface area (Å²) < 4.78 is 2.51. The summed E-state index contributed by atoms with van der Waals surface area (Å²) in [5.41, 5.74) is 0.458. The Balaban J connectivity index is 1.98. The highest BCUT2D eigenvalue weighted by Gasteiger charge is 2.10. The molecule has 1 heterocycles. The SMILES string of the molecule is O=c1ccn(Cc2ccc(Cl)cc2Cl)c(=O)n1Cc1ccc(Cl)cc1Cl. The van der Waals surface area contributed by atoms with Gasteiger partial charge in [-0.05, 0) is 35.4 Å². The molecular weight excluding hydrogens is 418 g/mol. The van der Waals surface area contributed by atoms with Crippen LogP contribution in [0, 0.1) is 0 Å². The number of benzene rings is 2. The minimum atomic E-state index is -0.463. The molecular formula is C18H12Cl4N2O2. The molecule has 0 saturated carbocycles. The number of hydrogen-bond acceptors (Lipinski definition) is 2. The highest BCUT2D eigenvalue weighted by Crippen LogP contribution is 2.22. The lowest BCUT2D eigenvalue weighted by molar-refractivity contribution is 0.612. The summed E-state index contributed by atoms with van der Waals surface area (Å²) in [6.07, 6.45) is 1.44. The Morgan fingerprint density at radius 3 is 1.81 bits per heavy atom. The van der Waals surface area contributed by atoms with Gasteiger partial charge >= 0.3 is 5.69 Å². The van der Waals surface area contributed by atoms with E-state index in [9.17, 15) is 9.59 Å². The molecule has 26 heavy (non-hydrogen) atoms. The number of rotatable bonds is 4. The van der Waals surface area contributed by atoms with E-state index in [1.807, 2.05) is 0 Å². The maximum atomic E-state index is 12.7. The Hall–Kier alpha value is -1.72. The molecule has 0 saturated heterocycles. The van der Waals surface area contributed by atoms with Crippen molar-refractivity contribution in [1.29, 1.82) is 0 Å². The highest BCUT2D eigenvalue weighted by molar-refractivity contribution is 6.35. The van der Waals surface area contributed by atoms with Crippen LogP contribution < -0.4 is 11.2 Å². The summed E-state index contributed by atoms with van der Waals surface area (Å²) in [5.74, 6) is 0. The van der Waals surface area contributed by atoms with E-state index in [2.05, 4.69) is 0 Å². The van der Waals surface area contributed by atoms with Crippen LogP contribution in [0.25, 0.3) is 0 Å². The van der Waals surface area contributed by atoms with Crippen molar-refractivity contribution in [3.05, 3.63) is 101 Å². The van der Waals surface area contributed by atoms with E-state index in [4.69, 9.17) is 46.4 Å². The second-order valence-electron chi connectivity index (χ2n) is 5.62. The van der Waals surface area contributed by atoms with Crippen LogP contribution in [0.2, 0.25) is 20.1 Å². The lowest BCUT2D eigenvalue weighted by Gasteiger charge is -2.12. The zero-order chi connectivity index (χ0) is 18.8. The molecule has 3 aromatic rings. The summed E-state index contributed by atoms with van der Waals surface area (Å²) in [4.78, 5) is 24.9. The maximum Gasteiger partial charge on any atom is 0.331 e. The molecule has 0 atom stereocenters. The Kier molecular flexibility index (Phi) is 5.78. The zero-order valence-corrected chi connectivity index (χ0v) is 16.3. The van der Waals surface area contributed by atoms with Gasteiger partial charge in [-0.15, -0.1) is 0 Å². The van der Waals surface area contributed by atoms with Crippen molar-refractivity contribution in [2.75, 3.05) is 0 Å². The smallest absolute Gasteiger partial charge is 0.296 e. The molecule has 3 rings (SSSR count). The summed E-state index contributed by atoms with van der Waals surface area (Å²) >= 11 is 24.1. The second-order valence-corrected chi connectivity index (χ2v) is 7.31. The van der Waals surface area contributed by atoms with Crippen LogP contribution in [0.5, 0.6) is 0 Å². The predicted molar refractivity (Wildman–Crippen MR) is 106 cm³/mol. The summed E-state index contributed by atoms with van der Waals surface area (Å²) in [7, 11) is 0. The van der Waals surface area contributed by atoms with Crippen LogP contribution in [-0.2, 0) is 13.1 Å². The third-order valence-corrected chi connectivity index (χ3v) is 5.01. The van der Waals surface area contributed by atoms with Gasteiger partial charge in [0.2, 0.25) is 0 Å². The monoisotopic (exact) mass is 428 g/mol. The standard InChI is InChI=1S/C18H12Cl4N2O2/c19-13-3-1-11(15(21)7-13)9-23-6-5-17(25)24(18(23)26)10-12-2-4-14(20)8-16(12)22/h1-8H,9-10H2. The third-order valence-electron chi connectivity index (χ3n) is 3.84. The average molecular weight is 430 g/mol. The van der Waals surface area contributed by atoms with Gasteiger partial charge in [0.1, 0.15) is 0 Å². The molecule has 0 unspecified atom stereocenters. The van der Waals surface area contributed by atoms with Crippen LogP contribution in [-0.4, -0.2) is 9.13 Å². The molecule has 0 aliphatic rings. The number of nitrogens with zero attached hydrogens (tertiary/aromatic N) is 2.